The van der Waals surface area contributed by atoms with Crippen LogP contribution in [0.1, 0.15) is 24.2 Å². The van der Waals surface area contributed by atoms with Gasteiger partial charge in [0.1, 0.15) is 5.56 Å². The Morgan fingerprint density at radius 3 is 2.50 bits per heavy atom. The Bertz CT molecular complexity index is 893. The predicted molar refractivity (Wildman–Crippen MR) is 74.0 cm³/mol. The number of benzene rings is 1. The molecule has 2 rings (SSSR count). The number of ether oxygens (including phenoxy) is 1. The zero-order valence-electron chi connectivity index (χ0n) is 13.2. The Morgan fingerprint density at radius 2 is 1.96 bits per heavy atom. The molecule has 9 heteroatoms. The number of fused-ring (bicyclic) bond motifs is 1. The number of carbonyl (C=O) groups excluding carboxylic acids is 1. The van der Waals surface area contributed by atoms with Gasteiger partial charge in [-0.25, -0.2) is 18.0 Å². The molecule has 0 fully saturated rings. The second-order valence-electron chi connectivity index (χ2n) is 4.60. The first kappa shape index (κ1) is 20.9. The van der Waals surface area contributed by atoms with Crippen LogP contribution in [0.3, 0.4) is 0 Å². The van der Waals surface area contributed by atoms with Crippen molar-refractivity contribution in [3.8, 4) is 0 Å². The van der Waals surface area contributed by atoms with Gasteiger partial charge in [0.05, 0.1) is 17.5 Å². The first-order valence-electron chi connectivity index (χ1n) is 6.52. The van der Waals surface area contributed by atoms with Crippen molar-refractivity contribution in [2.45, 2.75) is 13.8 Å². The molecule has 0 amide bonds. The monoisotopic (exact) mass is 365 g/mol. The van der Waals surface area contributed by atoms with Crippen LogP contribution in [0.25, 0.3) is 16.6 Å². The molecule has 2 aromatic rings. The second-order valence-corrected chi connectivity index (χ2v) is 4.60. The molecule has 5 nitrogen and oxygen atoms in total. The normalized spacial score (nSPS) is 11.3. The molecule has 0 saturated heterocycles. The van der Waals surface area contributed by atoms with Crippen molar-refractivity contribution in [2.75, 3.05) is 6.61 Å². The number of aromatic nitrogens is 1. The number of halogens is 3. The average molecular weight is 365 g/mol. The van der Waals surface area contributed by atoms with Crippen LogP contribution < -0.4 is 61.9 Å². The summed E-state index contributed by atoms with van der Waals surface area (Å²) < 4.78 is 46.5. The smallest absolute Gasteiger partial charge is 0.877 e. The number of carbonyl (C=O) groups is 1. The third kappa shape index (κ3) is 3.59. The maximum Gasteiger partial charge on any atom is 1.00 e. The zero-order chi connectivity index (χ0) is 17.3. The minimum Gasteiger partial charge on any atom is -0.877 e. The van der Waals surface area contributed by atoms with Gasteiger partial charge in [-0.15, -0.1) is 6.26 Å². The number of nitrogens with zero attached hydrogens (tertiary/aromatic N) is 1. The molecule has 0 N–H and O–H groups in total. The molecule has 1 aromatic heterocycles. The SMILES string of the molecule is CCOC(=O)c1cn(/C(C)=C/[O-])c2c(F)c(F)c(F)cc2c1=O.[K+]. The van der Waals surface area contributed by atoms with Gasteiger partial charge in [0.2, 0.25) is 5.43 Å². The predicted octanol–water partition coefficient (Wildman–Crippen LogP) is -1.22. The third-order valence-electron chi connectivity index (χ3n) is 3.17. The van der Waals surface area contributed by atoms with Crippen molar-refractivity contribution in [3.63, 3.8) is 0 Å². The van der Waals surface area contributed by atoms with E-state index in [1.807, 2.05) is 0 Å². The Labute approximate surface area is 177 Å². The topological polar surface area (TPSA) is 71.4 Å². The summed E-state index contributed by atoms with van der Waals surface area (Å²) in [5.41, 5.74) is -2.31. The molecule has 1 heterocycles. The maximum absolute atomic E-state index is 14.1. The number of hydrogen-bond acceptors (Lipinski definition) is 4. The molecule has 0 radical (unpaired) electrons. The fourth-order valence-corrected chi connectivity index (χ4v) is 2.08. The number of allylic oxidation sites excluding steroid dienone is 1. The number of pyridine rings is 1. The van der Waals surface area contributed by atoms with Crippen LogP contribution in [0.5, 0.6) is 0 Å². The molecule has 0 aliphatic heterocycles. The van der Waals surface area contributed by atoms with Crippen molar-refractivity contribution in [1.29, 1.82) is 0 Å². The molecule has 24 heavy (non-hydrogen) atoms. The Hall–Kier alpha value is -1.13. The van der Waals surface area contributed by atoms with Crippen LogP contribution in [0.15, 0.2) is 23.3 Å². The Balaban J connectivity index is 0.00000288. The second kappa shape index (κ2) is 8.30. The van der Waals surface area contributed by atoms with Crippen LogP contribution >= 0.6 is 0 Å². The minimum absolute atomic E-state index is 0. The van der Waals surface area contributed by atoms with E-state index < -0.39 is 45.3 Å². The molecule has 0 bridgehead atoms. The van der Waals surface area contributed by atoms with Crippen molar-refractivity contribution in [2.24, 2.45) is 0 Å². The van der Waals surface area contributed by atoms with Gasteiger partial charge < -0.3 is 14.4 Å². The molecule has 0 aliphatic rings. The molecule has 0 aliphatic carbocycles. The summed E-state index contributed by atoms with van der Waals surface area (Å²) in [4.78, 5) is 24.1. The molecule has 0 atom stereocenters. The molecule has 122 valence electrons. The summed E-state index contributed by atoms with van der Waals surface area (Å²) in [6.45, 7) is 2.74. The van der Waals surface area contributed by atoms with E-state index in [4.69, 9.17) is 4.74 Å². The van der Waals surface area contributed by atoms with E-state index in [9.17, 15) is 27.9 Å². The van der Waals surface area contributed by atoms with Gasteiger partial charge in [-0.3, -0.25) is 4.79 Å². The van der Waals surface area contributed by atoms with Crippen molar-refractivity contribution < 1.29 is 79.2 Å². The fourth-order valence-electron chi connectivity index (χ4n) is 2.08. The van der Waals surface area contributed by atoms with Gasteiger partial charge in [-0.1, -0.05) is 0 Å². The first-order chi connectivity index (χ1) is 10.8. The molecular weight excluding hydrogens is 354 g/mol. The van der Waals surface area contributed by atoms with E-state index in [-0.39, 0.29) is 63.7 Å². The van der Waals surface area contributed by atoms with Gasteiger partial charge in [0, 0.05) is 11.9 Å². The minimum atomic E-state index is -1.78. The molecule has 0 unspecified atom stereocenters. The largest absolute Gasteiger partial charge is 1.00 e. The quantitative estimate of drug-likeness (QED) is 0.296. The van der Waals surface area contributed by atoms with E-state index in [2.05, 4.69) is 0 Å². The van der Waals surface area contributed by atoms with Gasteiger partial charge in [0.15, 0.2) is 17.5 Å². The Morgan fingerprint density at radius 1 is 1.33 bits per heavy atom. The first-order valence-corrected chi connectivity index (χ1v) is 6.52. The molecule has 0 spiro atoms. The number of rotatable bonds is 3. The average Bonchev–Trinajstić information content (AvgIpc) is 2.53. The number of esters is 1. The van der Waals surface area contributed by atoms with Crippen molar-refractivity contribution in [3.05, 3.63) is 51.8 Å². The van der Waals surface area contributed by atoms with E-state index in [0.717, 1.165) is 10.8 Å². The van der Waals surface area contributed by atoms with Crippen molar-refractivity contribution >= 4 is 22.6 Å². The van der Waals surface area contributed by atoms with Gasteiger partial charge in [-0.2, -0.15) is 0 Å². The van der Waals surface area contributed by atoms with Gasteiger partial charge >= 0.3 is 57.4 Å². The summed E-state index contributed by atoms with van der Waals surface area (Å²) in [5.74, 6) is -6.01. The summed E-state index contributed by atoms with van der Waals surface area (Å²) in [6.07, 6.45) is 1.19. The summed E-state index contributed by atoms with van der Waals surface area (Å²) >= 11 is 0. The van der Waals surface area contributed by atoms with Crippen LogP contribution in [-0.2, 0) is 4.74 Å². The maximum atomic E-state index is 14.1. The molecule has 0 saturated carbocycles. The van der Waals surface area contributed by atoms with Crippen LogP contribution in [0.4, 0.5) is 13.2 Å². The summed E-state index contributed by atoms with van der Waals surface area (Å²) in [5, 5.41) is 10.4. The summed E-state index contributed by atoms with van der Waals surface area (Å²) in [7, 11) is 0. The standard InChI is InChI=1S/C15H12F3NO4.K/c1-3-23-15(22)9-5-19(7(2)6-20)13-8(14(9)21)4-10(16)11(17)12(13)18;/h4-6,20H,3H2,1-2H3;/q;+1/p-1/b7-6+;. The summed E-state index contributed by atoms with van der Waals surface area (Å²) in [6, 6.07) is 0.480. The Kier molecular flexibility index (Phi) is 7.23. The van der Waals surface area contributed by atoms with E-state index >= 15 is 0 Å². The third-order valence-corrected chi connectivity index (χ3v) is 3.17. The van der Waals surface area contributed by atoms with E-state index in [1.165, 1.54) is 13.8 Å². The fraction of sp³-hybridized carbons (Fsp3) is 0.200. The van der Waals surface area contributed by atoms with Crippen molar-refractivity contribution in [1.82, 2.24) is 4.57 Å². The van der Waals surface area contributed by atoms with Gasteiger partial charge in [-0.05, 0) is 19.9 Å². The van der Waals surface area contributed by atoms with Crippen LogP contribution in [0.2, 0.25) is 0 Å². The number of hydrogen-bond donors (Lipinski definition) is 0. The van der Waals surface area contributed by atoms with Gasteiger partial charge in [0.25, 0.3) is 0 Å². The molecule has 1 aromatic carbocycles. The van der Waals surface area contributed by atoms with Crippen LogP contribution in [0, 0.1) is 17.5 Å². The van der Waals surface area contributed by atoms with E-state index in [1.54, 1.807) is 0 Å². The van der Waals surface area contributed by atoms with Crippen LogP contribution in [-0.4, -0.2) is 17.1 Å². The zero-order valence-corrected chi connectivity index (χ0v) is 16.3. The molecular formula is C15H11F3KNO4. The van der Waals surface area contributed by atoms with E-state index in [0.29, 0.717) is 12.3 Å².